The van der Waals surface area contributed by atoms with Crippen LogP contribution in [0.2, 0.25) is 0 Å². The van der Waals surface area contributed by atoms with Crippen molar-refractivity contribution < 1.29 is 9.18 Å². The van der Waals surface area contributed by atoms with Crippen molar-refractivity contribution >= 4 is 5.91 Å². The molecule has 128 valence electrons. The first-order chi connectivity index (χ1) is 11.5. The summed E-state index contributed by atoms with van der Waals surface area (Å²) in [5.41, 5.74) is 0.929. The Morgan fingerprint density at radius 3 is 2.54 bits per heavy atom. The van der Waals surface area contributed by atoms with Crippen LogP contribution in [0.3, 0.4) is 0 Å². The fourth-order valence-corrected chi connectivity index (χ4v) is 2.91. The highest BCUT2D eigenvalue weighted by molar-refractivity contribution is 5.92. The van der Waals surface area contributed by atoms with Gasteiger partial charge in [-0.3, -0.25) is 4.79 Å². The van der Waals surface area contributed by atoms with Crippen LogP contribution in [-0.4, -0.2) is 51.0 Å². The van der Waals surface area contributed by atoms with E-state index in [0.717, 1.165) is 25.9 Å². The number of nitrogens with one attached hydrogen (secondary N) is 1. The minimum Gasteiger partial charge on any atom is -0.348 e. The summed E-state index contributed by atoms with van der Waals surface area (Å²) in [6, 6.07) is 6.58. The molecular weight excluding hydrogens is 309 g/mol. The summed E-state index contributed by atoms with van der Waals surface area (Å²) < 4.78 is 14.4. The molecule has 3 rings (SSSR count). The quantitative estimate of drug-likeness (QED) is 0.931. The number of amides is 1. The second kappa shape index (κ2) is 7.09. The Morgan fingerprint density at radius 1 is 1.25 bits per heavy atom. The minimum absolute atomic E-state index is 0.170. The number of aromatic nitrogens is 3. The molecule has 1 aliphatic rings. The molecule has 24 heavy (non-hydrogen) atoms. The van der Waals surface area contributed by atoms with Gasteiger partial charge in [0.15, 0.2) is 5.69 Å². The molecule has 0 radical (unpaired) electrons. The number of halogens is 1. The van der Waals surface area contributed by atoms with E-state index in [1.165, 1.54) is 16.8 Å². The molecule has 6 nitrogen and oxygen atoms in total. The fraction of sp³-hybridized carbons (Fsp3) is 0.471. The van der Waals surface area contributed by atoms with Gasteiger partial charge >= 0.3 is 0 Å². The Morgan fingerprint density at radius 2 is 1.92 bits per heavy atom. The van der Waals surface area contributed by atoms with E-state index in [2.05, 4.69) is 34.4 Å². The zero-order valence-corrected chi connectivity index (χ0v) is 13.9. The summed E-state index contributed by atoms with van der Waals surface area (Å²) >= 11 is 0. The maximum Gasteiger partial charge on any atom is 0.273 e. The van der Waals surface area contributed by atoms with Gasteiger partial charge in [0.25, 0.3) is 5.91 Å². The molecule has 0 bridgehead atoms. The highest BCUT2D eigenvalue weighted by Gasteiger charge is 2.23. The Bertz CT molecular complexity index is 689. The highest BCUT2D eigenvalue weighted by atomic mass is 19.1. The van der Waals surface area contributed by atoms with Crippen molar-refractivity contribution in [1.29, 1.82) is 0 Å². The van der Waals surface area contributed by atoms with Crippen molar-refractivity contribution in [2.45, 2.75) is 38.8 Å². The second-order valence-electron chi connectivity index (χ2n) is 6.40. The Balaban J connectivity index is 1.59. The third-order valence-corrected chi connectivity index (χ3v) is 4.41. The van der Waals surface area contributed by atoms with Crippen LogP contribution >= 0.6 is 0 Å². The normalized spacial score (nSPS) is 16.5. The van der Waals surface area contributed by atoms with Crippen molar-refractivity contribution in [3.8, 4) is 5.69 Å². The summed E-state index contributed by atoms with van der Waals surface area (Å²) in [5, 5.41) is 10.9. The number of benzene rings is 1. The SMILES string of the molecule is CC(C)N1CCC(NC(=O)c2cn(-c3ccc(F)cc3)nn2)CC1. The fourth-order valence-electron chi connectivity index (χ4n) is 2.91. The zero-order chi connectivity index (χ0) is 17.1. The van der Waals surface area contributed by atoms with Crippen molar-refractivity contribution in [2.75, 3.05) is 13.1 Å². The summed E-state index contributed by atoms with van der Waals surface area (Å²) in [6.45, 7) is 6.36. The maximum atomic E-state index is 13.0. The predicted molar refractivity (Wildman–Crippen MR) is 88.5 cm³/mol. The summed E-state index contributed by atoms with van der Waals surface area (Å²) in [4.78, 5) is 14.7. The molecule has 1 amide bonds. The first-order valence-electron chi connectivity index (χ1n) is 8.26. The number of nitrogens with zero attached hydrogens (tertiary/aromatic N) is 4. The standard InChI is InChI=1S/C17H22FN5O/c1-12(2)22-9-7-14(8-10-22)19-17(24)16-11-23(21-20-16)15-5-3-13(18)4-6-15/h3-6,11-12,14H,7-10H2,1-2H3,(H,19,24). The van der Waals surface area contributed by atoms with Crippen LogP contribution in [-0.2, 0) is 0 Å². The molecule has 2 aromatic rings. The van der Waals surface area contributed by atoms with Crippen LogP contribution < -0.4 is 5.32 Å². The van der Waals surface area contributed by atoms with Gasteiger partial charge in [0.1, 0.15) is 5.82 Å². The minimum atomic E-state index is -0.315. The molecule has 1 N–H and O–H groups in total. The Kier molecular flexibility index (Phi) is 4.89. The largest absolute Gasteiger partial charge is 0.348 e. The van der Waals surface area contributed by atoms with E-state index < -0.39 is 0 Å². The van der Waals surface area contributed by atoms with Gasteiger partial charge in [0.2, 0.25) is 0 Å². The van der Waals surface area contributed by atoms with Gasteiger partial charge in [-0.2, -0.15) is 0 Å². The van der Waals surface area contributed by atoms with Crippen LogP contribution in [0.4, 0.5) is 4.39 Å². The second-order valence-corrected chi connectivity index (χ2v) is 6.40. The first-order valence-corrected chi connectivity index (χ1v) is 8.26. The van der Waals surface area contributed by atoms with E-state index in [4.69, 9.17) is 0 Å². The maximum absolute atomic E-state index is 13.0. The van der Waals surface area contributed by atoms with Gasteiger partial charge in [-0.25, -0.2) is 9.07 Å². The van der Waals surface area contributed by atoms with Crippen LogP contribution in [0, 0.1) is 5.82 Å². The van der Waals surface area contributed by atoms with Crippen LogP contribution in [0.15, 0.2) is 30.5 Å². The van der Waals surface area contributed by atoms with Crippen molar-refractivity contribution in [3.63, 3.8) is 0 Å². The molecule has 1 aliphatic heterocycles. The van der Waals surface area contributed by atoms with Gasteiger partial charge in [0.05, 0.1) is 11.9 Å². The van der Waals surface area contributed by atoms with E-state index >= 15 is 0 Å². The van der Waals surface area contributed by atoms with Gasteiger partial charge < -0.3 is 10.2 Å². The molecule has 1 saturated heterocycles. The molecule has 1 aromatic carbocycles. The summed E-state index contributed by atoms with van der Waals surface area (Å²) in [6.07, 6.45) is 3.44. The van der Waals surface area contributed by atoms with E-state index in [0.29, 0.717) is 11.7 Å². The molecule has 1 fully saturated rings. The average Bonchev–Trinajstić information content (AvgIpc) is 3.06. The number of carbonyl (C=O) groups is 1. The van der Waals surface area contributed by atoms with E-state index in [1.807, 2.05) is 0 Å². The average molecular weight is 331 g/mol. The lowest BCUT2D eigenvalue weighted by molar-refractivity contribution is 0.0895. The van der Waals surface area contributed by atoms with Crippen LogP contribution in [0.5, 0.6) is 0 Å². The summed E-state index contributed by atoms with van der Waals surface area (Å²) in [7, 11) is 0. The van der Waals surface area contributed by atoms with Gasteiger partial charge in [-0.05, 0) is 51.0 Å². The van der Waals surface area contributed by atoms with Crippen molar-refractivity contribution in [3.05, 3.63) is 42.0 Å². The molecule has 0 spiro atoms. The smallest absolute Gasteiger partial charge is 0.273 e. The van der Waals surface area contributed by atoms with Crippen molar-refractivity contribution in [2.24, 2.45) is 0 Å². The number of piperidine rings is 1. The molecule has 0 atom stereocenters. The lowest BCUT2D eigenvalue weighted by atomic mass is 10.0. The van der Waals surface area contributed by atoms with Gasteiger partial charge in [-0.1, -0.05) is 5.21 Å². The molecular formula is C17H22FN5O. The Labute approximate surface area is 140 Å². The van der Waals surface area contributed by atoms with Crippen LogP contribution in [0.1, 0.15) is 37.2 Å². The third-order valence-electron chi connectivity index (χ3n) is 4.41. The lowest BCUT2D eigenvalue weighted by Crippen LogP contribution is -2.46. The molecule has 7 heteroatoms. The first kappa shape index (κ1) is 16.6. The number of likely N-dealkylation sites (tertiary alicyclic amines) is 1. The van der Waals surface area contributed by atoms with Crippen LogP contribution in [0.25, 0.3) is 5.69 Å². The lowest BCUT2D eigenvalue weighted by Gasteiger charge is -2.34. The van der Waals surface area contributed by atoms with Crippen molar-refractivity contribution in [1.82, 2.24) is 25.2 Å². The number of hydrogen-bond donors (Lipinski definition) is 1. The molecule has 0 unspecified atom stereocenters. The summed E-state index contributed by atoms with van der Waals surface area (Å²) in [5.74, 6) is -0.532. The van der Waals surface area contributed by atoms with Gasteiger partial charge in [-0.15, -0.1) is 5.10 Å². The highest BCUT2D eigenvalue weighted by Crippen LogP contribution is 2.14. The monoisotopic (exact) mass is 331 g/mol. The molecule has 0 saturated carbocycles. The number of carbonyl (C=O) groups excluding carboxylic acids is 1. The third kappa shape index (κ3) is 3.79. The van der Waals surface area contributed by atoms with E-state index in [-0.39, 0.29) is 23.5 Å². The number of rotatable bonds is 4. The van der Waals surface area contributed by atoms with E-state index in [1.54, 1.807) is 18.3 Å². The predicted octanol–water partition coefficient (Wildman–Crippen LogP) is 2.01. The molecule has 1 aromatic heterocycles. The molecule has 0 aliphatic carbocycles. The number of hydrogen-bond acceptors (Lipinski definition) is 4. The Hall–Kier alpha value is -2.28. The van der Waals surface area contributed by atoms with Gasteiger partial charge in [0, 0.05) is 25.2 Å². The van der Waals surface area contributed by atoms with E-state index in [9.17, 15) is 9.18 Å². The zero-order valence-electron chi connectivity index (χ0n) is 13.9. The topological polar surface area (TPSA) is 63.1 Å². The molecule has 2 heterocycles.